The van der Waals surface area contributed by atoms with E-state index in [0.29, 0.717) is 18.3 Å². The Balaban J connectivity index is 1.43. The number of halogens is 1. The van der Waals surface area contributed by atoms with Crippen LogP contribution >= 0.6 is 20.7 Å². The number of guanidine groups is 1. The van der Waals surface area contributed by atoms with Gasteiger partial charge in [0.25, 0.3) is 0 Å². The molecule has 7 nitrogen and oxygen atoms in total. The lowest BCUT2D eigenvalue weighted by molar-refractivity contribution is 0.352. The maximum Gasteiger partial charge on any atom is 0.231 e. The predicted molar refractivity (Wildman–Crippen MR) is 116 cm³/mol. The van der Waals surface area contributed by atoms with E-state index in [0.717, 1.165) is 24.2 Å². The smallest absolute Gasteiger partial charge is 0.231 e. The van der Waals surface area contributed by atoms with E-state index >= 15 is 0 Å². The molecule has 27 heavy (non-hydrogen) atoms. The fraction of sp³-hybridized carbons (Fsp3) is 0.263. The number of aryl methyl sites for hydroxylation is 1. The molecule has 0 bridgehead atoms. The molecule has 1 aromatic heterocycles. The van der Waals surface area contributed by atoms with E-state index in [1.54, 1.807) is 0 Å². The third-order valence-corrected chi connectivity index (χ3v) is 6.87. The molecule has 2 aromatic rings. The molecule has 0 aliphatic carbocycles. The van der Waals surface area contributed by atoms with E-state index in [4.69, 9.17) is 15.7 Å². The van der Waals surface area contributed by atoms with Crippen molar-refractivity contribution in [1.82, 2.24) is 15.0 Å². The summed E-state index contributed by atoms with van der Waals surface area (Å²) in [6.07, 6.45) is 5.01. The van der Waals surface area contributed by atoms with Gasteiger partial charge in [-0.05, 0) is 41.6 Å². The number of benzene rings is 1. The largest absolute Gasteiger partial charge is 0.370 e. The van der Waals surface area contributed by atoms with Gasteiger partial charge in [-0.3, -0.25) is 5.41 Å². The standard InChI is InChI=1S/C19H21IN6O/c1-12-2-5-15(6-3-12)23-16-7-4-13(10-20-16)17-24-18(27-25-17)14-8-9-26(11-14)19(21)22/h2-7,10,14,23H,8-9,11H2,1H3,(H3,21,22)/t14-/m1/s1. The zero-order valence-electron chi connectivity index (χ0n) is 14.9. The lowest BCUT2D eigenvalue weighted by Crippen LogP contribution is -2.34. The molecule has 0 unspecified atom stereocenters. The van der Waals surface area contributed by atoms with Crippen LogP contribution in [0.25, 0.3) is 5.57 Å². The highest BCUT2D eigenvalue weighted by atomic mass is 127. The number of aromatic nitrogens is 2. The van der Waals surface area contributed by atoms with Gasteiger partial charge in [0, 0.05) is 24.4 Å². The van der Waals surface area contributed by atoms with Gasteiger partial charge >= 0.3 is 0 Å². The Labute approximate surface area is 167 Å². The van der Waals surface area contributed by atoms with Gasteiger partial charge in [0.05, 0.1) is 9.62 Å². The van der Waals surface area contributed by atoms with Crippen LogP contribution in [0.4, 0.5) is 5.69 Å². The van der Waals surface area contributed by atoms with E-state index in [1.807, 2.05) is 11.0 Å². The third-order valence-electron chi connectivity index (χ3n) is 4.59. The number of hydrogen-bond acceptors (Lipinski definition) is 5. The minimum Gasteiger partial charge on any atom is -0.370 e. The molecular weight excluding hydrogens is 455 g/mol. The second kappa shape index (κ2) is 7.63. The third kappa shape index (κ3) is 4.10. The van der Waals surface area contributed by atoms with Crippen molar-refractivity contribution < 1.29 is 4.52 Å². The maximum absolute atomic E-state index is 7.53. The quantitative estimate of drug-likeness (QED) is 0.271. The van der Waals surface area contributed by atoms with Gasteiger partial charge in [0.15, 0.2) is 5.96 Å². The van der Waals surface area contributed by atoms with E-state index in [1.165, 1.54) is 9.27 Å². The fourth-order valence-electron chi connectivity index (χ4n) is 3.02. The summed E-state index contributed by atoms with van der Waals surface area (Å²) in [6.45, 7) is 3.51. The molecule has 1 aromatic carbocycles. The van der Waals surface area contributed by atoms with Gasteiger partial charge in [0.1, 0.15) is 0 Å². The second-order valence-corrected chi connectivity index (χ2v) is 9.03. The monoisotopic (exact) mass is 476 g/mol. The summed E-state index contributed by atoms with van der Waals surface area (Å²) < 4.78 is 8.92. The summed E-state index contributed by atoms with van der Waals surface area (Å²) in [6, 6.07) is 8.39. The van der Waals surface area contributed by atoms with E-state index in [-0.39, 0.29) is 32.6 Å². The van der Waals surface area contributed by atoms with Crippen LogP contribution in [0.3, 0.4) is 0 Å². The van der Waals surface area contributed by atoms with Crippen molar-refractivity contribution in [2.75, 3.05) is 18.4 Å². The second-order valence-electron chi connectivity index (χ2n) is 6.62. The molecule has 0 spiro atoms. The average Bonchev–Trinajstić information content (AvgIpc) is 3.34. The van der Waals surface area contributed by atoms with Crippen LogP contribution in [-0.4, -0.2) is 38.1 Å². The highest BCUT2D eigenvalue weighted by molar-refractivity contribution is 14.2. The van der Waals surface area contributed by atoms with Gasteiger partial charge in [-0.2, -0.15) is 4.98 Å². The van der Waals surface area contributed by atoms with Gasteiger partial charge in [-0.15, -0.1) is 0 Å². The minimum atomic E-state index is -0.287. The zero-order valence-corrected chi connectivity index (χ0v) is 17.1. The van der Waals surface area contributed by atoms with Crippen LogP contribution in [0.1, 0.15) is 29.6 Å². The molecule has 4 rings (SSSR count). The summed E-state index contributed by atoms with van der Waals surface area (Å²) >= 11 is -0.287. The number of nitrogens with zero attached hydrogens (tertiary/aromatic N) is 3. The van der Waals surface area contributed by atoms with Gasteiger partial charge in [0.2, 0.25) is 11.7 Å². The first-order valence-electron chi connectivity index (χ1n) is 8.74. The van der Waals surface area contributed by atoms with Crippen LogP contribution < -0.4 is 11.1 Å². The molecular formula is C19H21IN6O. The average molecular weight is 476 g/mol. The predicted octanol–water partition coefficient (Wildman–Crippen LogP) is 3.18. The van der Waals surface area contributed by atoms with E-state index in [9.17, 15) is 0 Å². The Morgan fingerprint density at radius 1 is 1.33 bits per heavy atom. The Bertz CT molecular complexity index is 943. The molecule has 3 heterocycles. The number of anilines is 1. The first-order chi connectivity index (χ1) is 13.1. The van der Waals surface area contributed by atoms with Crippen molar-refractivity contribution in [2.45, 2.75) is 19.3 Å². The van der Waals surface area contributed by atoms with Gasteiger partial charge in [-0.1, -0.05) is 43.6 Å². The topological polar surface area (TPSA) is 104 Å². The molecule has 4 N–H and O–H groups in total. The van der Waals surface area contributed by atoms with Crippen LogP contribution in [0, 0.1) is 12.3 Å². The van der Waals surface area contributed by atoms with E-state index in [2.05, 4.69) is 56.7 Å². The fourth-order valence-corrected chi connectivity index (χ4v) is 5.03. The van der Waals surface area contributed by atoms with Crippen molar-refractivity contribution in [3.63, 3.8) is 0 Å². The van der Waals surface area contributed by atoms with Gasteiger partial charge in [-0.25, -0.2) is 0 Å². The maximum atomic E-state index is 7.53. The zero-order chi connectivity index (χ0) is 18.8. The lowest BCUT2D eigenvalue weighted by atomic mass is 10.1. The van der Waals surface area contributed by atoms with Crippen molar-refractivity contribution in [1.29, 1.82) is 5.41 Å². The molecule has 2 aliphatic rings. The minimum absolute atomic E-state index is 0.101. The molecule has 0 radical (unpaired) electrons. The van der Waals surface area contributed by atoms with Crippen LogP contribution in [0.15, 0.2) is 44.6 Å². The molecule has 0 saturated carbocycles. The summed E-state index contributed by atoms with van der Waals surface area (Å²) in [5.74, 6) is 1.51. The number of allylic oxidation sites excluding steroid dienone is 3. The summed E-state index contributed by atoms with van der Waals surface area (Å²) in [7, 11) is 0. The first-order valence-corrected chi connectivity index (χ1v) is 11.1. The van der Waals surface area contributed by atoms with Crippen LogP contribution in [0.5, 0.6) is 0 Å². The normalized spacial score (nSPS) is 19.3. The number of rotatable bonds is 4. The van der Waals surface area contributed by atoms with E-state index < -0.39 is 0 Å². The first kappa shape index (κ1) is 17.9. The van der Waals surface area contributed by atoms with Crippen LogP contribution in [-0.2, 0) is 0 Å². The summed E-state index contributed by atoms with van der Waals surface area (Å²) in [5.41, 5.74) is 8.92. The van der Waals surface area contributed by atoms with Crippen LogP contribution in [0.2, 0.25) is 0 Å². The Morgan fingerprint density at radius 3 is 2.81 bits per heavy atom. The molecule has 1 atom stereocenters. The SMILES string of the molecule is Cc1ccc(NC2=CC=C(c3noc([C@@H]4CCN(C(=N)N)C4)n3)C=I2)cc1. The lowest BCUT2D eigenvalue weighted by Gasteiger charge is -2.14. The van der Waals surface area contributed by atoms with Crippen molar-refractivity contribution in [3.8, 4) is 0 Å². The van der Waals surface area contributed by atoms with Crippen molar-refractivity contribution in [2.24, 2.45) is 5.73 Å². The highest BCUT2D eigenvalue weighted by Gasteiger charge is 2.29. The Hall–Kier alpha value is -2.49. The highest BCUT2D eigenvalue weighted by Crippen LogP contribution is 2.29. The Morgan fingerprint density at radius 2 is 2.15 bits per heavy atom. The van der Waals surface area contributed by atoms with Gasteiger partial charge < -0.3 is 20.5 Å². The van der Waals surface area contributed by atoms with Crippen molar-refractivity contribution in [3.05, 3.63) is 57.4 Å². The summed E-state index contributed by atoms with van der Waals surface area (Å²) in [4.78, 5) is 6.41. The molecule has 0 amide bonds. The number of nitrogens with two attached hydrogens (primary N) is 1. The summed E-state index contributed by atoms with van der Waals surface area (Å²) in [5, 5.41) is 15.2. The number of likely N-dealkylation sites (tertiary alicyclic amines) is 1. The molecule has 2 aliphatic heterocycles. The van der Waals surface area contributed by atoms with Crippen molar-refractivity contribution >= 4 is 42.0 Å². The molecule has 140 valence electrons. The molecule has 1 fully saturated rings. The molecule has 8 heteroatoms. The number of hydrogen-bond donors (Lipinski definition) is 3. The molecule has 1 saturated heterocycles. The number of nitrogens with one attached hydrogen (secondary N) is 2. The Kier molecular flexibility index (Phi) is 5.06.